The molecule has 2 aromatic heterocycles. The quantitative estimate of drug-likeness (QED) is 0.703. The number of nitrogens with zero attached hydrogens (tertiary/aromatic N) is 2. The topological polar surface area (TPSA) is 27.1 Å². The molecule has 13 heavy (non-hydrogen) atoms. The van der Waals surface area contributed by atoms with Crippen LogP contribution in [0.4, 0.5) is 0 Å². The van der Waals surface area contributed by atoms with E-state index in [1.54, 1.807) is 17.3 Å². The first kappa shape index (κ1) is 8.44. The number of ether oxygens (including phenoxy) is 1. The molecule has 3 nitrogen and oxygen atoms in total. The van der Waals surface area contributed by atoms with Gasteiger partial charge in [0.25, 0.3) is 0 Å². The summed E-state index contributed by atoms with van der Waals surface area (Å²) in [5.41, 5.74) is 1.93. The Morgan fingerprint density at radius 2 is 2.23 bits per heavy atom. The number of thiol groups is 1. The van der Waals surface area contributed by atoms with Crippen LogP contribution in [0, 0.1) is 6.92 Å². The van der Waals surface area contributed by atoms with E-state index in [1.165, 1.54) is 0 Å². The fourth-order valence-corrected chi connectivity index (χ4v) is 1.53. The van der Waals surface area contributed by atoms with Crippen molar-refractivity contribution in [2.24, 2.45) is 0 Å². The Morgan fingerprint density at radius 3 is 2.92 bits per heavy atom. The smallest absolute Gasteiger partial charge is 0.150 e. The minimum absolute atomic E-state index is 0.770. The molecule has 0 atom stereocenters. The Morgan fingerprint density at radius 1 is 1.46 bits per heavy atom. The van der Waals surface area contributed by atoms with Gasteiger partial charge in [0, 0.05) is 11.1 Å². The molecule has 0 aliphatic heterocycles. The molecule has 2 aromatic rings. The van der Waals surface area contributed by atoms with Gasteiger partial charge in [0.15, 0.2) is 0 Å². The van der Waals surface area contributed by atoms with Gasteiger partial charge >= 0.3 is 0 Å². The van der Waals surface area contributed by atoms with Crippen molar-refractivity contribution in [3.8, 4) is 5.75 Å². The fraction of sp³-hybridized carbons (Fsp3) is 0.222. The van der Waals surface area contributed by atoms with Crippen molar-refractivity contribution >= 4 is 23.8 Å². The van der Waals surface area contributed by atoms with Crippen molar-refractivity contribution in [2.45, 2.75) is 6.92 Å². The Hall–Kier alpha value is -1.16. The molecule has 2 rings (SSSR count). The molecule has 0 unspecified atom stereocenters. The zero-order valence-corrected chi connectivity index (χ0v) is 8.38. The largest absolute Gasteiger partial charge is 0.495 e. The number of hydrogen-bond acceptors (Lipinski definition) is 3. The van der Waals surface area contributed by atoms with E-state index in [9.17, 15) is 0 Å². The van der Waals surface area contributed by atoms with Gasteiger partial charge in [0.05, 0.1) is 13.3 Å². The van der Waals surface area contributed by atoms with Gasteiger partial charge in [-0.2, -0.15) is 0 Å². The maximum absolute atomic E-state index is 5.07. The highest BCUT2D eigenvalue weighted by atomic mass is 32.1. The van der Waals surface area contributed by atoms with Crippen molar-refractivity contribution in [2.75, 3.05) is 7.11 Å². The van der Waals surface area contributed by atoms with Gasteiger partial charge in [-0.3, -0.25) is 3.97 Å². The lowest BCUT2D eigenvalue weighted by Crippen LogP contribution is -1.87. The molecule has 0 aliphatic carbocycles. The van der Waals surface area contributed by atoms with Crippen molar-refractivity contribution in [3.05, 3.63) is 24.0 Å². The normalized spacial score (nSPS) is 10.7. The van der Waals surface area contributed by atoms with Crippen LogP contribution in [0.25, 0.3) is 11.0 Å². The maximum Gasteiger partial charge on any atom is 0.150 e. The lowest BCUT2D eigenvalue weighted by atomic mass is 10.3. The summed E-state index contributed by atoms with van der Waals surface area (Å²) in [4.78, 5) is 4.23. The van der Waals surface area contributed by atoms with E-state index < -0.39 is 0 Å². The molecule has 0 N–H and O–H groups in total. The molecule has 0 saturated heterocycles. The Kier molecular flexibility index (Phi) is 1.92. The summed E-state index contributed by atoms with van der Waals surface area (Å²) < 4.78 is 6.83. The Balaban J connectivity index is 2.73. The number of rotatable bonds is 1. The highest BCUT2D eigenvalue weighted by Gasteiger charge is 2.04. The van der Waals surface area contributed by atoms with E-state index in [0.29, 0.717) is 0 Å². The molecule has 0 amide bonds. The molecule has 4 heteroatoms. The van der Waals surface area contributed by atoms with Crippen LogP contribution >= 0.6 is 12.8 Å². The average Bonchev–Trinajstić information content (AvgIpc) is 2.42. The predicted molar refractivity (Wildman–Crippen MR) is 55.4 cm³/mol. The van der Waals surface area contributed by atoms with Crippen LogP contribution in [0.3, 0.4) is 0 Å². The number of methoxy groups -OCH3 is 1. The number of aromatic nitrogens is 2. The minimum Gasteiger partial charge on any atom is -0.495 e. The molecular weight excluding hydrogens is 184 g/mol. The van der Waals surface area contributed by atoms with Crippen LogP contribution in [0.2, 0.25) is 0 Å². The fourth-order valence-electron chi connectivity index (χ4n) is 1.30. The van der Waals surface area contributed by atoms with Gasteiger partial charge in [-0.1, -0.05) is 12.8 Å². The van der Waals surface area contributed by atoms with Crippen molar-refractivity contribution < 1.29 is 4.74 Å². The summed E-state index contributed by atoms with van der Waals surface area (Å²) in [6.07, 6.45) is 1.69. The number of fused-ring (bicyclic) bond motifs is 1. The zero-order chi connectivity index (χ0) is 9.42. The SMILES string of the molecule is COc1cnc2c(c1)cc(C)n2S. The standard InChI is InChI=1S/C9H10N2OS/c1-6-3-7-4-8(12-2)5-10-9(7)11(6)13/h3-5,13H,1-2H3. The molecule has 0 spiro atoms. The molecule has 0 bridgehead atoms. The van der Waals surface area contributed by atoms with E-state index in [4.69, 9.17) is 4.74 Å². The van der Waals surface area contributed by atoms with E-state index in [0.717, 1.165) is 22.5 Å². The van der Waals surface area contributed by atoms with Crippen molar-refractivity contribution in [3.63, 3.8) is 0 Å². The third-order valence-electron chi connectivity index (χ3n) is 2.00. The average molecular weight is 194 g/mol. The Bertz CT molecular complexity index is 450. The summed E-state index contributed by atoms with van der Waals surface area (Å²) in [5.74, 6) is 0.770. The first-order valence-corrected chi connectivity index (χ1v) is 4.33. The number of pyridine rings is 1. The predicted octanol–water partition coefficient (Wildman–Crippen LogP) is 2.05. The summed E-state index contributed by atoms with van der Waals surface area (Å²) >= 11 is 4.29. The van der Waals surface area contributed by atoms with Crippen molar-refractivity contribution in [1.82, 2.24) is 8.96 Å². The van der Waals surface area contributed by atoms with Crippen LogP contribution in [-0.4, -0.2) is 16.1 Å². The van der Waals surface area contributed by atoms with Gasteiger partial charge in [-0.15, -0.1) is 0 Å². The second-order valence-corrected chi connectivity index (χ2v) is 3.29. The van der Waals surface area contributed by atoms with Crippen LogP contribution in [0.15, 0.2) is 18.3 Å². The maximum atomic E-state index is 5.07. The van der Waals surface area contributed by atoms with E-state index in [1.807, 2.05) is 19.1 Å². The summed E-state index contributed by atoms with van der Waals surface area (Å²) in [6, 6.07) is 3.97. The molecule has 0 aliphatic rings. The molecule has 68 valence electrons. The second kappa shape index (κ2) is 2.96. The van der Waals surface area contributed by atoms with E-state index in [2.05, 4.69) is 17.8 Å². The molecule has 0 aromatic carbocycles. The monoisotopic (exact) mass is 194 g/mol. The van der Waals surface area contributed by atoms with Gasteiger partial charge < -0.3 is 4.74 Å². The molecule has 2 heterocycles. The van der Waals surface area contributed by atoms with Crippen LogP contribution in [-0.2, 0) is 0 Å². The van der Waals surface area contributed by atoms with Crippen molar-refractivity contribution in [1.29, 1.82) is 0 Å². The summed E-state index contributed by atoms with van der Waals surface area (Å²) in [5, 5.41) is 1.05. The van der Waals surface area contributed by atoms with Gasteiger partial charge in [-0.05, 0) is 19.1 Å². The molecule has 0 radical (unpaired) electrons. The lowest BCUT2D eigenvalue weighted by Gasteiger charge is -1.99. The Labute approximate surface area is 81.9 Å². The van der Waals surface area contributed by atoms with Crippen LogP contribution in [0.1, 0.15) is 5.69 Å². The van der Waals surface area contributed by atoms with Gasteiger partial charge in [-0.25, -0.2) is 4.98 Å². The highest BCUT2D eigenvalue weighted by molar-refractivity contribution is 7.78. The number of aryl methyl sites for hydroxylation is 1. The van der Waals surface area contributed by atoms with Crippen LogP contribution in [0.5, 0.6) is 5.75 Å². The molecule has 0 saturated carbocycles. The number of hydrogen-bond donors (Lipinski definition) is 1. The zero-order valence-electron chi connectivity index (χ0n) is 7.48. The summed E-state index contributed by atoms with van der Waals surface area (Å²) in [7, 11) is 1.63. The first-order valence-electron chi connectivity index (χ1n) is 3.93. The van der Waals surface area contributed by atoms with Gasteiger partial charge in [0.1, 0.15) is 11.4 Å². The molecule has 0 fully saturated rings. The minimum atomic E-state index is 0.770. The lowest BCUT2D eigenvalue weighted by molar-refractivity contribution is 0.413. The third-order valence-corrected chi connectivity index (χ3v) is 2.51. The third kappa shape index (κ3) is 1.27. The van der Waals surface area contributed by atoms with E-state index >= 15 is 0 Å². The first-order chi connectivity index (χ1) is 6.22. The van der Waals surface area contributed by atoms with E-state index in [-0.39, 0.29) is 0 Å². The summed E-state index contributed by atoms with van der Waals surface area (Å²) in [6.45, 7) is 1.99. The highest BCUT2D eigenvalue weighted by Crippen LogP contribution is 2.22. The molecular formula is C9H10N2OS. The van der Waals surface area contributed by atoms with Crippen LogP contribution < -0.4 is 4.74 Å². The second-order valence-electron chi connectivity index (χ2n) is 2.89. The van der Waals surface area contributed by atoms with Gasteiger partial charge in [0.2, 0.25) is 0 Å².